The molecule has 2 aromatic rings. The third-order valence-electron chi connectivity index (χ3n) is 3.18. The van der Waals surface area contributed by atoms with Crippen molar-refractivity contribution in [2.45, 2.75) is 10.6 Å². The molecule has 2 N–H and O–H groups in total. The molecule has 0 spiro atoms. The fourth-order valence-electron chi connectivity index (χ4n) is 2.16. The highest BCUT2D eigenvalue weighted by Gasteiger charge is 2.19. The first-order chi connectivity index (χ1) is 9.29. The molecule has 2 heterocycles. The van der Waals surface area contributed by atoms with Crippen molar-refractivity contribution in [3.8, 4) is 11.3 Å². The summed E-state index contributed by atoms with van der Waals surface area (Å²) in [7, 11) is 1.97. The second kappa shape index (κ2) is 5.19. The third kappa shape index (κ3) is 2.31. The van der Waals surface area contributed by atoms with Gasteiger partial charge in [-0.2, -0.15) is 0 Å². The molecular weight excluding hydrogens is 256 g/mol. The van der Waals surface area contributed by atoms with Crippen molar-refractivity contribution in [1.29, 1.82) is 0 Å². The van der Waals surface area contributed by atoms with Gasteiger partial charge in [-0.1, -0.05) is 18.2 Å². The number of thioether (sulfide) groups is 1. The lowest BCUT2D eigenvalue weighted by molar-refractivity contribution is 0.844. The van der Waals surface area contributed by atoms with Crippen LogP contribution in [0, 0.1) is 0 Å². The fraction of sp³-hybridized carbons (Fsp3) is 0.286. The maximum atomic E-state index is 5.58. The molecule has 0 saturated heterocycles. The van der Waals surface area contributed by atoms with Crippen molar-refractivity contribution in [2.75, 3.05) is 25.0 Å². The van der Waals surface area contributed by atoms with Crippen molar-refractivity contribution < 1.29 is 0 Å². The van der Waals surface area contributed by atoms with Crippen molar-refractivity contribution in [3.63, 3.8) is 0 Å². The summed E-state index contributed by atoms with van der Waals surface area (Å²) in [5, 5.41) is 0. The number of nitrogens with two attached hydrogens (primary N) is 1. The first-order valence-electron chi connectivity index (χ1n) is 6.29. The zero-order valence-electron chi connectivity index (χ0n) is 10.8. The Bertz CT molecular complexity index is 600. The SMILES string of the molecule is CN(CCN)c1ncc2c(n1)-c1ccccc1SC2. The molecule has 0 fully saturated rings. The summed E-state index contributed by atoms with van der Waals surface area (Å²) in [5.41, 5.74) is 9.05. The standard InChI is InChI=1S/C14H16N4S/c1-18(7-6-15)14-16-8-10-9-19-12-5-3-2-4-11(12)13(10)17-14/h2-5,8H,6-7,9,15H2,1H3. The molecule has 0 unspecified atom stereocenters. The van der Waals surface area contributed by atoms with Gasteiger partial charge in [0.1, 0.15) is 0 Å². The molecule has 0 aliphatic carbocycles. The van der Waals surface area contributed by atoms with E-state index in [9.17, 15) is 0 Å². The van der Waals surface area contributed by atoms with Crippen molar-refractivity contribution in [3.05, 3.63) is 36.0 Å². The molecular formula is C14H16N4S. The minimum Gasteiger partial charge on any atom is -0.343 e. The van der Waals surface area contributed by atoms with Crippen LogP contribution in [0.2, 0.25) is 0 Å². The van der Waals surface area contributed by atoms with Gasteiger partial charge in [0.05, 0.1) is 5.69 Å². The Morgan fingerprint density at radius 1 is 1.37 bits per heavy atom. The summed E-state index contributed by atoms with van der Waals surface area (Å²) in [4.78, 5) is 12.4. The van der Waals surface area contributed by atoms with E-state index >= 15 is 0 Å². The van der Waals surface area contributed by atoms with Crippen molar-refractivity contribution in [1.82, 2.24) is 9.97 Å². The van der Waals surface area contributed by atoms with Gasteiger partial charge >= 0.3 is 0 Å². The number of likely N-dealkylation sites (N-methyl/N-ethyl adjacent to an activating group) is 1. The van der Waals surface area contributed by atoms with E-state index in [-0.39, 0.29) is 0 Å². The van der Waals surface area contributed by atoms with E-state index in [0.29, 0.717) is 6.54 Å². The van der Waals surface area contributed by atoms with Crippen LogP contribution in [0.25, 0.3) is 11.3 Å². The van der Waals surface area contributed by atoms with Gasteiger partial charge in [0.15, 0.2) is 0 Å². The fourth-order valence-corrected chi connectivity index (χ4v) is 3.17. The van der Waals surface area contributed by atoms with Crippen molar-refractivity contribution >= 4 is 17.7 Å². The smallest absolute Gasteiger partial charge is 0.225 e. The molecule has 1 aromatic carbocycles. The van der Waals surface area contributed by atoms with Crippen LogP contribution in [0.3, 0.4) is 0 Å². The van der Waals surface area contributed by atoms with Crippen LogP contribution in [0.15, 0.2) is 35.4 Å². The van der Waals surface area contributed by atoms with E-state index in [1.54, 1.807) is 0 Å². The molecule has 0 atom stereocenters. The summed E-state index contributed by atoms with van der Waals surface area (Å²) >= 11 is 1.84. The predicted molar refractivity (Wildman–Crippen MR) is 79.4 cm³/mol. The second-order valence-electron chi connectivity index (χ2n) is 4.54. The zero-order chi connectivity index (χ0) is 13.2. The Balaban J connectivity index is 2.05. The van der Waals surface area contributed by atoms with E-state index in [1.807, 2.05) is 29.9 Å². The zero-order valence-corrected chi connectivity index (χ0v) is 11.7. The van der Waals surface area contributed by atoms with E-state index in [4.69, 9.17) is 10.7 Å². The number of hydrogen-bond donors (Lipinski definition) is 1. The van der Waals surface area contributed by atoms with E-state index in [1.165, 1.54) is 16.0 Å². The molecule has 1 aromatic heterocycles. The van der Waals surface area contributed by atoms with Crippen LogP contribution in [0.4, 0.5) is 5.95 Å². The Morgan fingerprint density at radius 3 is 3.05 bits per heavy atom. The van der Waals surface area contributed by atoms with Gasteiger partial charge in [0.2, 0.25) is 5.95 Å². The number of anilines is 1. The molecule has 3 rings (SSSR count). The predicted octanol–water partition coefficient (Wildman–Crippen LogP) is 2.14. The largest absolute Gasteiger partial charge is 0.343 e. The summed E-state index contributed by atoms with van der Waals surface area (Å²) in [6.45, 7) is 1.36. The normalized spacial score (nSPS) is 12.7. The molecule has 0 saturated carbocycles. The topological polar surface area (TPSA) is 55.0 Å². The van der Waals surface area contributed by atoms with Gasteiger partial charge in [-0.25, -0.2) is 9.97 Å². The molecule has 1 aliphatic rings. The quantitative estimate of drug-likeness (QED) is 0.927. The van der Waals surface area contributed by atoms with Crippen LogP contribution in [-0.4, -0.2) is 30.1 Å². The van der Waals surface area contributed by atoms with Gasteiger partial charge in [0, 0.05) is 48.1 Å². The number of fused-ring (bicyclic) bond motifs is 3. The minimum atomic E-state index is 0.601. The summed E-state index contributed by atoms with van der Waals surface area (Å²) < 4.78 is 0. The van der Waals surface area contributed by atoms with Crippen LogP contribution in [-0.2, 0) is 5.75 Å². The van der Waals surface area contributed by atoms with E-state index in [0.717, 1.165) is 23.9 Å². The van der Waals surface area contributed by atoms with Crippen LogP contribution >= 0.6 is 11.8 Å². The Kier molecular flexibility index (Phi) is 3.40. The van der Waals surface area contributed by atoms with Crippen molar-refractivity contribution in [2.24, 2.45) is 5.73 Å². The number of rotatable bonds is 3. The van der Waals surface area contributed by atoms with E-state index < -0.39 is 0 Å². The van der Waals surface area contributed by atoms with Gasteiger partial charge in [0.25, 0.3) is 0 Å². The van der Waals surface area contributed by atoms with Crippen LogP contribution < -0.4 is 10.6 Å². The van der Waals surface area contributed by atoms with E-state index in [2.05, 4.69) is 29.2 Å². The van der Waals surface area contributed by atoms with Gasteiger partial charge < -0.3 is 10.6 Å². The van der Waals surface area contributed by atoms with Gasteiger partial charge in [-0.3, -0.25) is 0 Å². The summed E-state index contributed by atoms with van der Waals surface area (Å²) in [5.74, 6) is 1.68. The number of hydrogen-bond acceptors (Lipinski definition) is 5. The van der Waals surface area contributed by atoms with Crippen LogP contribution in [0.1, 0.15) is 5.56 Å². The first kappa shape index (κ1) is 12.4. The maximum absolute atomic E-state index is 5.58. The van der Waals surface area contributed by atoms with Gasteiger partial charge in [-0.05, 0) is 6.07 Å². The average molecular weight is 272 g/mol. The molecule has 19 heavy (non-hydrogen) atoms. The lowest BCUT2D eigenvalue weighted by Crippen LogP contribution is -2.27. The summed E-state index contributed by atoms with van der Waals surface area (Å²) in [6.07, 6.45) is 1.94. The third-order valence-corrected chi connectivity index (χ3v) is 4.31. The minimum absolute atomic E-state index is 0.601. The van der Waals surface area contributed by atoms with Gasteiger partial charge in [-0.15, -0.1) is 11.8 Å². The molecule has 0 amide bonds. The molecule has 1 aliphatic heterocycles. The molecule has 4 nitrogen and oxygen atoms in total. The summed E-state index contributed by atoms with van der Waals surface area (Å²) in [6, 6.07) is 8.40. The molecule has 0 radical (unpaired) electrons. The van der Waals surface area contributed by atoms with Crippen LogP contribution in [0.5, 0.6) is 0 Å². The lowest BCUT2D eigenvalue weighted by atomic mass is 10.1. The number of aromatic nitrogens is 2. The lowest BCUT2D eigenvalue weighted by Gasteiger charge is -2.21. The highest BCUT2D eigenvalue weighted by molar-refractivity contribution is 7.98. The first-order valence-corrected chi connectivity index (χ1v) is 7.27. The number of nitrogens with zero attached hydrogens (tertiary/aromatic N) is 3. The molecule has 5 heteroatoms. The number of benzene rings is 1. The highest BCUT2D eigenvalue weighted by Crippen LogP contribution is 2.40. The average Bonchev–Trinajstić information content (AvgIpc) is 2.47. The Hall–Kier alpha value is -1.59. The Labute approximate surface area is 117 Å². The molecule has 98 valence electrons. The molecule has 0 bridgehead atoms. The maximum Gasteiger partial charge on any atom is 0.225 e. The monoisotopic (exact) mass is 272 g/mol. The highest BCUT2D eigenvalue weighted by atomic mass is 32.2. The second-order valence-corrected chi connectivity index (χ2v) is 5.56. The Morgan fingerprint density at radius 2 is 2.21 bits per heavy atom.